The Bertz CT molecular complexity index is 4890. The van der Waals surface area contributed by atoms with Crippen molar-refractivity contribution in [1.82, 2.24) is 4.57 Å². The molecule has 0 bridgehead atoms. The summed E-state index contributed by atoms with van der Waals surface area (Å²) in [7, 11) is 0. The van der Waals surface area contributed by atoms with Crippen LogP contribution in [0.5, 0.6) is 0 Å². The molecule has 2 aliphatic heterocycles. The van der Waals surface area contributed by atoms with Gasteiger partial charge in [-0.2, -0.15) is 0 Å². The molecule has 0 fully saturated rings. The highest BCUT2D eigenvalue weighted by Gasteiger charge is 2.45. The fourth-order valence-electron chi connectivity index (χ4n) is 14.7. The fourth-order valence-corrected chi connectivity index (χ4v) is 14.7. The van der Waals surface area contributed by atoms with Crippen LogP contribution in [0.4, 0.5) is 34.1 Å². The van der Waals surface area contributed by atoms with E-state index < -0.39 is 0 Å². The minimum atomic E-state index is -0.325. The molecule has 0 saturated heterocycles. The van der Waals surface area contributed by atoms with Gasteiger partial charge in [-0.25, -0.2) is 0 Å². The number of benzene rings is 11. The Morgan fingerprint density at radius 2 is 0.767 bits per heavy atom. The zero-order chi connectivity index (χ0) is 62.6. The second-order valence-electron chi connectivity index (χ2n) is 30.3. The average molecular weight is 1170 g/mol. The molecule has 90 heavy (non-hydrogen) atoms. The van der Waals surface area contributed by atoms with E-state index in [4.69, 9.17) is 4.42 Å². The van der Waals surface area contributed by atoms with Gasteiger partial charge in [-0.15, -0.1) is 0 Å². The second kappa shape index (κ2) is 20.4. The van der Waals surface area contributed by atoms with Crippen molar-refractivity contribution in [3.63, 3.8) is 0 Å². The maximum Gasteiger partial charge on any atom is 0.252 e. The van der Waals surface area contributed by atoms with Crippen molar-refractivity contribution in [2.24, 2.45) is 0 Å². The number of furan rings is 1. The van der Waals surface area contributed by atoms with E-state index in [-0.39, 0.29) is 33.8 Å². The third-order valence-electron chi connectivity index (χ3n) is 19.8. The lowest BCUT2D eigenvalue weighted by Crippen LogP contribution is -2.61. The molecule has 11 aromatic carbocycles. The Labute approximate surface area is 532 Å². The Morgan fingerprint density at radius 1 is 0.311 bits per heavy atom. The smallest absolute Gasteiger partial charge is 0.252 e. The summed E-state index contributed by atoms with van der Waals surface area (Å²) in [6, 6.07) is 87.3. The van der Waals surface area contributed by atoms with Gasteiger partial charge in [0.15, 0.2) is 0 Å². The molecule has 0 spiro atoms. The van der Waals surface area contributed by atoms with Crippen LogP contribution in [-0.4, -0.2) is 11.3 Å². The minimum Gasteiger partial charge on any atom is -0.456 e. The largest absolute Gasteiger partial charge is 0.456 e. The molecule has 5 heteroatoms. The standard InChI is InChI=1S/C85H80BN3O/c1-81(2,3)59-44-66(83(7,8)9)78-72(47-59)89(73-48-60(82(4,5)6)45-67(79(73)78)84(10,11)12)63-49-74-80-75(50-63)88(62-41-36-56(37-42-62)54-28-20-16-21-29-54)71-51-65-64-32-24-25-33-76(64)90-77(65)52-69(71)86(80)68-43-38-58(85(13,14)57-30-22-17-23-31-57)46-70(68)87(74)61-39-34-55(35-40-61)53-26-18-15-19-27-53/h15-52H,1-14H3. The van der Waals surface area contributed by atoms with E-state index in [1.807, 2.05) is 0 Å². The summed E-state index contributed by atoms with van der Waals surface area (Å²) in [5, 5.41) is 4.87. The molecule has 0 radical (unpaired) electrons. The monoisotopic (exact) mass is 1170 g/mol. The Hall–Kier alpha value is -9.32. The van der Waals surface area contributed by atoms with Crippen LogP contribution in [0.15, 0.2) is 235 Å². The van der Waals surface area contributed by atoms with Gasteiger partial charge in [0.1, 0.15) is 11.2 Å². The topological polar surface area (TPSA) is 24.6 Å². The first-order valence-electron chi connectivity index (χ1n) is 32.3. The van der Waals surface area contributed by atoms with Crippen LogP contribution in [0.2, 0.25) is 0 Å². The van der Waals surface area contributed by atoms with E-state index in [1.165, 1.54) is 93.8 Å². The van der Waals surface area contributed by atoms with Crippen LogP contribution in [0.3, 0.4) is 0 Å². The molecule has 2 aliphatic rings. The van der Waals surface area contributed by atoms with E-state index in [0.29, 0.717) is 0 Å². The molecule has 0 saturated carbocycles. The Kier molecular flexibility index (Phi) is 12.9. The van der Waals surface area contributed by atoms with Gasteiger partial charge in [0.2, 0.25) is 0 Å². The SMILES string of the molecule is CC(C)(C)c1cc(C(C)(C)C)c2c3c(C(C)(C)C)cc(C(C)(C)C)cc3n(-c3cc4c5c(c3)N(c3ccc(-c6ccccc6)cc3)c3cc6c(cc3B5c3ccc(C(C)(C)c5ccccc5)cc3N4c3ccc(-c4ccccc4)cc3)oc3ccccc36)c2c1. The van der Waals surface area contributed by atoms with Crippen LogP contribution in [-0.2, 0) is 27.1 Å². The Balaban J connectivity index is 1.13. The first-order valence-corrected chi connectivity index (χ1v) is 32.3. The van der Waals surface area contributed by atoms with Crippen molar-refractivity contribution in [2.45, 2.75) is 124 Å². The molecule has 4 nitrogen and oxygen atoms in total. The summed E-state index contributed by atoms with van der Waals surface area (Å²) in [6.45, 7) is 33.3. The summed E-state index contributed by atoms with van der Waals surface area (Å²) >= 11 is 0. The summed E-state index contributed by atoms with van der Waals surface area (Å²) in [4.78, 5) is 5.21. The maximum atomic E-state index is 6.94. The summed E-state index contributed by atoms with van der Waals surface area (Å²) in [6.07, 6.45) is 0. The van der Waals surface area contributed by atoms with Crippen molar-refractivity contribution in [1.29, 1.82) is 0 Å². The van der Waals surface area contributed by atoms with Crippen molar-refractivity contribution in [2.75, 3.05) is 9.80 Å². The highest BCUT2D eigenvalue weighted by Crippen LogP contribution is 2.52. The number of hydrogen-bond donors (Lipinski definition) is 0. The number of rotatable bonds is 7. The number of para-hydroxylation sites is 1. The molecule has 0 unspecified atom stereocenters. The zero-order valence-corrected chi connectivity index (χ0v) is 54.8. The van der Waals surface area contributed by atoms with Crippen LogP contribution in [0.25, 0.3) is 71.7 Å². The number of hydrogen-bond acceptors (Lipinski definition) is 3. The molecule has 0 atom stereocenters. The highest BCUT2D eigenvalue weighted by atomic mass is 16.3. The van der Waals surface area contributed by atoms with E-state index in [9.17, 15) is 0 Å². The van der Waals surface area contributed by atoms with Crippen LogP contribution < -0.4 is 26.2 Å². The molecule has 2 aromatic heterocycles. The van der Waals surface area contributed by atoms with Crippen LogP contribution >= 0.6 is 0 Å². The first-order chi connectivity index (χ1) is 42.9. The summed E-state index contributed by atoms with van der Waals surface area (Å²) in [5.74, 6) is 0. The predicted molar refractivity (Wildman–Crippen MR) is 386 cm³/mol. The van der Waals surface area contributed by atoms with E-state index >= 15 is 0 Å². The summed E-state index contributed by atoms with van der Waals surface area (Å²) in [5.41, 5.74) is 27.5. The van der Waals surface area contributed by atoms with Gasteiger partial charge >= 0.3 is 0 Å². The number of nitrogens with zero attached hydrogens (tertiary/aromatic N) is 3. The average Bonchev–Trinajstić information content (AvgIpc) is 1.13. The second-order valence-corrected chi connectivity index (χ2v) is 30.3. The van der Waals surface area contributed by atoms with Crippen molar-refractivity contribution >= 4 is 101 Å². The van der Waals surface area contributed by atoms with Gasteiger partial charge in [0.05, 0.1) is 16.7 Å². The predicted octanol–water partition coefficient (Wildman–Crippen LogP) is 21.6. The van der Waals surface area contributed by atoms with Crippen LogP contribution in [0, 0.1) is 0 Å². The lowest BCUT2D eigenvalue weighted by atomic mass is 9.33. The lowest BCUT2D eigenvalue weighted by Gasteiger charge is -2.45. The summed E-state index contributed by atoms with van der Waals surface area (Å²) < 4.78 is 9.63. The number of fused-ring (bicyclic) bond motifs is 10. The highest BCUT2D eigenvalue weighted by molar-refractivity contribution is 7.00. The van der Waals surface area contributed by atoms with Crippen molar-refractivity contribution in [3.05, 3.63) is 264 Å². The molecular weight excluding hydrogens is 1090 g/mol. The van der Waals surface area contributed by atoms with Gasteiger partial charge in [0.25, 0.3) is 6.71 Å². The number of anilines is 6. The lowest BCUT2D eigenvalue weighted by molar-refractivity contribution is 0.570. The van der Waals surface area contributed by atoms with Gasteiger partial charge in [0, 0.05) is 61.1 Å². The quantitative estimate of drug-likeness (QED) is 0.149. The molecule has 15 rings (SSSR count). The first kappa shape index (κ1) is 57.1. The molecule has 13 aromatic rings. The molecule has 444 valence electrons. The van der Waals surface area contributed by atoms with Gasteiger partial charge < -0.3 is 18.8 Å². The minimum absolute atomic E-state index is 0.138. The third kappa shape index (κ3) is 9.24. The normalized spacial score (nSPS) is 13.6. The molecule has 0 N–H and O–H groups in total. The van der Waals surface area contributed by atoms with Gasteiger partial charge in [-0.1, -0.05) is 255 Å². The van der Waals surface area contributed by atoms with E-state index in [0.717, 1.165) is 61.8 Å². The van der Waals surface area contributed by atoms with Crippen molar-refractivity contribution in [3.8, 4) is 27.9 Å². The fraction of sp³-hybridized carbons (Fsp3) is 0.224. The van der Waals surface area contributed by atoms with Gasteiger partial charge in [-0.3, -0.25) is 0 Å². The molecule has 0 amide bonds. The zero-order valence-electron chi connectivity index (χ0n) is 54.8. The Morgan fingerprint density at radius 3 is 1.26 bits per heavy atom. The molecule has 0 aliphatic carbocycles. The maximum absolute atomic E-state index is 6.94. The van der Waals surface area contributed by atoms with Crippen molar-refractivity contribution < 1.29 is 4.42 Å². The van der Waals surface area contributed by atoms with E-state index in [2.05, 4.69) is 342 Å². The van der Waals surface area contributed by atoms with Gasteiger partial charge in [-0.05, 0) is 166 Å². The van der Waals surface area contributed by atoms with Crippen LogP contribution in [0.1, 0.15) is 130 Å². The number of aromatic nitrogens is 1. The van der Waals surface area contributed by atoms with E-state index in [1.54, 1.807) is 0 Å². The molecular formula is C85H80BN3O. The molecule has 4 heterocycles. The third-order valence-corrected chi connectivity index (χ3v) is 19.8.